The number of aryl methyl sites for hydroxylation is 2. The van der Waals surface area contributed by atoms with Gasteiger partial charge in [-0.25, -0.2) is 0 Å². The monoisotopic (exact) mass is 209 g/mol. The van der Waals surface area contributed by atoms with Crippen molar-refractivity contribution in [3.63, 3.8) is 0 Å². The summed E-state index contributed by atoms with van der Waals surface area (Å²) in [5.41, 5.74) is 2.76. The third kappa shape index (κ3) is 2.33. The second kappa shape index (κ2) is 3.62. The zero-order valence-corrected chi connectivity index (χ0v) is 9.87. The van der Waals surface area contributed by atoms with E-state index in [0.29, 0.717) is 4.48 Å². The molecule has 4 nitrogen and oxygen atoms in total. The minimum absolute atomic E-state index is 0.229. The van der Waals surface area contributed by atoms with Crippen molar-refractivity contribution >= 4 is 11.4 Å². The molecule has 0 radical (unpaired) electrons. The van der Waals surface area contributed by atoms with Crippen molar-refractivity contribution in [2.75, 3.05) is 21.1 Å². The van der Waals surface area contributed by atoms with E-state index < -0.39 is 0 Å². The van der Waals surface area contributed by atoms with Crippen LogP contribution in [-0.2, 0) is 0 Å². The van der Waals surface area contributed by atoms with E-state index >= 15 is 0 Å². The smallest absolute Gasteiger partial charge is 0.275 e. The van der Waals surface area contributed by atoms with Gasteiger partial charge in [-0.3, -0.25) is 14.6 Å². The molecule has 0 fully saturated rings. The van der Waals surface area contributed by atoms with E-state index in [1.807, 2.05) is 33.3 Å². The molecule has 0 saturated carbocycles. The van der Waals surface area contributed by atoms with Gasteiger partial charge in [-0.05, 0) is 13.8 Å². The highest BCUT2D eigenvalue weighted by Crippen LogP contribution is 2.29. The molecule has 0 spiro atoms. The van der Waals surface area contributed by atoms with Crippen molar-refractivity contribution in [1.29, 1.82) is 0 Å². The molecule has 0 aromatic heterocycles. The predicted octanol–water partition coefficient (Wildman–Crippen LogP) is 2.41. The van der Waals surface area contributed by atoms with E-state index in [1.54, 1.807) is 13.8 Å². The molecule has 1 rings (SSSR count). The summed E-state index contributed by atoms with van der Waals surface area (Å²) < 4.78 is 0.666. The Labute approximate surface area is 89.9 Å². The summed E-state index contributed by atoms with van der Waals surface area (Å²) in [6.07, 6.45) is 0. The van der Waals surface area contributed by atoms with Crippen LogP contribution in [0.15, 0.2) is 12.1 Å². The van der Waals surface area contributed by atoms with Gasteiger partial charge in [0.1, 0.15) is 5.69 Å². The van der Waals surface area contributed by atoms with Crippen LogP contribution in [0.1, 0.15) is 11.1 Å². The highest BCUT2D eigenvalue weighted by Gasteiger charge is 2.20. The first-order valence-corrected chi connectivity index (χ1v) is 4.81. The summed E-state index contributed by atoms with van der Waals surface area (Å²) in [7, 11) is 6.13. The van der Waals surface area contributed by atoms with Crippen molar-refractivity contribution in [3.05, 3.63) is 33.4 Å². The van der Waals surface area contributed by atoms with Crippen molar-refractivity contribution < 1.29 is 4.92 Å². The Bertz CT molecular complexity index is 383. The molecule has 0 N–H and O–H groups in total. The van der Waals surface area contributed by atoms with E-state index in [9.17, 15) is 10.1 Å². The van der Waals surface area contributed by atoms with Crippen molar-refractivity contribution in [3.8, 4) is 0 Å². The van der Waals surface area contributed by atoms with E-state index in [1.165, 1.54) is 0 Å². The highest BCUT2D eigenvalue weighted by atomic mass is 16.6. The Hall–Kier alpha value is -1.42. The lowest BCUT2D eigenvalue weighted by molar-refractivity contribution is -0.386. The van der Waals surface area contributed by atoms with Crippen LogP contribution in [0.3, 0.4) is 0 Å². The number of quaternary nitrogens is 1. The van der Waals surface area contributed by atoms with E-state index in [0.717, 1.165) is 16.8 Å². The van der Waals surface area contributed by atoms with Gasteiger partial charge in [0.05, 0.1) is 26.1 Å². The fourth-order valence-electron chi connectivity index (χ4n) is 1.61. The zero-order valence-electron chi connectivity index (χ0n) is 9.87. The molecule has 0 saturated heterocycles. The molecule has 4 heteroatoms. The lowest BCUT2D eigenvalue weighted by Gasteiger charge is -2.24. The third-order valence-electron chi connectivity index (χ3n) is 2.43. The number of benzene rings is 1. The number of nitro benzene ring substituents is 1. The maximum absolute atomic E-state index is 10.8. The van der Waals surface area contributed by atoms with Gasteiger partial charge in [-0.2, -0.15) is 0 Å². The van der Waals surface area contributed by atoms with Gasteiger partial charge in [0.25, 0.3) is 5.69 Å². The Balaban J connectivity index is 3.39. The molecule has 0 aliphatic carbocycles. The van der Waals surface area contributed by atoms with Crippen LogP contribution < -0.4 is 4.48 Å². The van der Waals surface area contributed by atoms with Crippen LogP contribution in [-0.4, -0.2) is 26.1 Å². The summed E-state index contributed by atoms with van der Waals surface area (Å²) in [6.45, 7) is 3.56. The first-order chi connectivity index (χ1) is 6.73. The molecular formula is C11H17N2O2+. The van der Waals surface area contributed by atoms with Gasteiger partial charge in [0.2, 0.25) is 0 Å². The van der Waals surface area contributed by atoms with Gasteiger partial charge in [0.15, 0.2) is 0 Å². The summed E-state index contributed by atoms with van der Waals surface area (Å²) in [6, 6.07) is 3.76. The lowest BCUT2D eigenvalue weighted by atomic mass is 10.1. The quantitative estimate of drug-likeness (QED) is 0.426. The lowest BCUT2D eigenvalue weighted by Crippen LogP contribution is -2.34. The third-order valence-corrected chi connectivity index (χ3v) is 2.43. The number of nitro groups is 1. The molecule has 1 aromatic carbocycles. The van der Waals surface area contributed by atoms with Crippen molar-refractivity contribution in [2.24, 2.45) is 0 Å². The van der Waals surface area contributed by atoms with E-state index in [-0.39, 0.29) is 10.6 Å². The van der Waals surface area contributed by atoms with Crippen molar-refractivity contribution in [1.82, 2.24) is 4.48 Å². The minimum atomic E-state index is -0.315. The Morgan fingerprint density at radius 1 is 1.13 bits per heavy atom. The topological polar surface area (TPSA) is 43.1 Å². The van der Waals surface area contributed by atoms with Crippen LogP contribution in [0.2, 0.25) is 0 Å². The first kappa shape index (κ1) is 11.7. The Kier molecular flexibility index (Phi) is 2.81. The number of hydrogen-bond donors (Lipinski definition) is 0. The van der Waals surface area contributed by atoms with Gasteiger partial charge in [-0.15, -0.1) is 0 Å². The summed E-state index contributed by atoms with van der Waals surface area (Å²) in [5.74, 6) is 0. The Morgan fingerprint density at radius 2 is 1.53 bits per heavy atom. The number of rotatable bonds is 2. The minimum Gasteiger partial charge on any atom is -0.298 e. The average Bonchev–Trinajstić information content (AvgIpc) is 1.99. The van der Waals surface area contributed by atoms with E-state index in [2.05, 4.69) is 0 Å². The molecule has 0 bridgehead atoms. The van der Waals surface area contributed by atoms with Crippen molar-refractivity contribution in [2.45, 2.75) is 13.8 Å². The maximum Gasteiger partial charge on any atom is 0.275 e. The molecule has 82 valence electrons. The maximum atomic E-state index is 10.8. The standard InChI is InChI=1S/C11H17N2O2/c1-8-6-10(13(3,4)5)7-9(2)11(8)12(14)15/h6-7H,1-5H3/q+1. The molecule has 0 aliphatic heterocycles. The SMILES string of the molecule is Cc1cc([N+](C)(C)C)cc(C)c1[N+](=O)[O-]. The molecule has 0 unspecified atom stereocenters. The second-order valence-corrected chi connectivity index (χ2v) is 4.70. The average molecular weight is 209 g/mol. The second-order valence-electron chi connectivity index (χ2n) is 4.70. The van der Waals surface area contributed by atoms with Gasteiger partial charge < -0.3 is 0 Å². The van der Waals surface area contributed by atoms with E-state index in [4.69, 9.17) is 0 Å². The van der Waals surface area contributed by atoms with Crippen LogP contribution in [0.25, 0.3) is 0 Å². The van der Waals surface area contributed by atoms with Crippen LogP contribution in [0, 0.1) is 24.0 Å². The first-order valence-electron chi connectivity index (χ1n) is 4.81. The number of hydrogen-bond acceptors (Lipinski definition) is 2. The fourth-order valence-corrected chi connectivity index (χ4v) is 1.61. The molecule has 0 aliphatic rings. The Morgan fingerprint density at radius 3 is 1.80 bits per heavy atom. The van der Waals surface area contributed by atoms with Gasteiger partial charge in [0, 0.05) is 23.3 Å². The zero-order chi connectivity index (χ0) is 11.8. The molecule has 0 heterocycles. The van der Waals surface area contributed by atoms with Crippen LogP contribution in [0.5, 0.6) is 0 Å². The highest BCUT2D eigenvalue weighted by molar-refractivity contribution is 5.57. The largest absolute Gasteiger partial charge is 0.298 e. The van der Waals surface area contributed by atoms with Crippen LogP contribution in [0.4, 0.5) is 11.4 Å². The van der Waals surface area contributed by atoms with Gasteiger partial charge in [-0.1, -0.05) is 0 Å². The summed E-state index contributed by atoms with van der Waals surface area (Å²) >= 11 is 0. The molecular weight excluding hydrogens is 192 g/mol. The summed E-state index contributed by atoms with van der Waals surface area (Å²) in [4.78, 5) is 10.5. The predicted molar refractivity (Wildman–Crippen MR) is 62.1 cm³/mol. The molecule has 0 atom stereocenters. The van der Waals surface area contributed by atoms with Gasteiger partial charge >= 0.3 is 0 Å². The number of nitrogens with zero attached hydrogens (tertiary/aromatic N) is 2. The molecule has 15 heavy (non-hydrogen) atoms. The molecule has 1 aromatic rings. The molecule has 0 amide bonds. The summed E-state index contributed by atoms with van der Waals surface area (Å²) in [5, 5.41) is 10.8. The fraction of sp³-hybridized carbons (Fsp3) is 0.455. The normalized spacial score (nSPS) is 11.5. The van der Waals surface area contributed by atoms with Crippen LogP contribution >= 0.6 is 0 Å².